The zero-order chi connectivity index (χ0) is 14.6. The second-order valence-electron chi connectivity index (χ2n) is 6.09. The molecule has 0 spiro atoms. The molecule has 1 saturated heterocycles. The molecule has 2 nitrogen and oxygen atoms in total. The minimum atomic E-state index is -0.286. The van der Waals surface area contributed by atoms with E-state index < -0.39 is 0 Å². The lowest BCUT2D eigenvalue weighted by Gasteiger charge is -2.53. The van der Waals surface area contributed by atoms with Gasteiger partial charge in [0.05, 0.1) is 5.54 Å². The number of halogens is 1. The highest BCUT2D eigenvalue weighted by atomic mass is 19.1. The molecule has 0 aliphatic carbocycles. The summed E-state index contributed by atoms with van der Waals surface area (Å²) in [6.07, 6.45) is 2.16. The molecule has 1 fully saturated rings. The van der Waals surface area contributed by atoms with E-state index in [0.717, 1.165) is 25.9 Å². The smallest absolute Gasteiger partial charge is 0.102 e. The monoisotopic (exact) mass is 278 g/mol. The minimum absolute atomic E-state index is 0.124. The molecule has 0 amide bonds. The van der Waals surface area contributed by atoms with Gasteiger partial charge in [-0.1, -0.05) is 44.2 Å². The van der Waals surface area contributed by atoms with Crippen LogP contribution in [0.2, 0.25) is 0 Å². The summed E-state index contributed by atoms with van der Waals surface area (Å²) in [5.41, 5.74) is 1.27. The Morgan fingerprint density at radius 1 is 1.20 bits per heavy atom. The molecule has 1 unspecified atom stereocenters. The van der Waals surface area contributed by atoms with Crippen molar-refractivity contribution in [3.63, 3.8) is 0 Å². The fraction of sp³-hybridized carbons (Fsp3) is 0.647. The molecule has 0 saturated carbocycles. The molecule has 1 N–H and O–H groups in total. The predicted molar refractivity (Wildman–Crippen MR) is 82.7 cm³/mol. The van der Waals surface area contributed by atoms with Crippen LogP contribution in [0, 0.1) is 0 Å². The van der Waals surface area contributed by atoms with Crippen LogP contribution in [0.3, 0.4) is 0 Å². The molecule has 20 heavy (non-hydrogen) atoms. The quantitative estimate of drug-likeness (QED) is 0.888. The Labute approximate surface area is 122 Å². The topological polar surface area (TPSA) is 15.3 Å². The maximum atomic E-state index is 13.0. The molecule has 0 aromatic heterocycles. The highest BCUT2D eigenvalue weighted by Crippen LogP contribution is 2.35. The Morgan fingerprint density at radius 2 is 1.85 bits per heavy atom. The lowest BCUT2D eigenvalue weighted by atomic mass is 9.81. The summed E-state index contributed by atoms with van der Waals surface area (Å²) in [4.78, 5) is 2.33. The Bertz CT molecular complexity index is 416. The summed E-state index contributed by atoms with van der Waals surface area (Å²) in [5, 5.41) is 3.75. The van der Waals surface area contributed by atoms with Crippen molar-refractivity contribution in [2.75, 3.05) is 26.3 Å². The van der Waals surface area contributed by atoms with Gasteiger partial charge in [-0.05, 0) is 25.3 Å². The van der Waals surface area contributed by atoms with Gasteiger partial charge in [-0.25, -0.2) is 4.39 Å². The van der Waals surface area contributed by atoms with Crippen molar-refractivity contribution in [2.45, 2.75) is 44.7 Å². The van der Waals surface area contributed by atoms with Crippen molar-refractivity contribution < 1.29 is 4.39 Å². The van der Waals surface area contributed by atoms with Crippen LogP contribution in [0.25, 0.3) is 0 Å². The van der Waals surface area contributed by atoms with Crippen LogP contribution in [-0.2, 0) is 5.54 Å². The predicted octanol–water partition coefficient (Wildman–Crippen LogP) is 3.34. The average molecular weight is 278 g/mol. The largest absolute Gasteiger partial charge is 0.308 e. The van der Waals surface area contributed by atoms with E-state index in [0.29, 0.717) is 6.54 Å². The van der Waals surface area contributed by atoms with E-state index in [1.54, 1.807) is 0 Å². The van der Waals surface area contributed by atoms with Crippen molar-refractivity contribution in [1.82, 2.24) is 10.2 Å². The SMILES string of the molecule is CCC1(CC)CN(CCF)C(C)(c2ccccc2)CN1. The van der Waals surface area contributed by atoms with E-state index in [4.69, 9.17) is 0 Å². The summed E-state index contributed by atoms with van der Waals surface area (Å²) in [6.45, 7) is 8.67. The van der Waals surface area contributed by atoms with Crippen LogP contribution in [0.15, 0.2) is 30.3 Å². The number of hydrogen-bond donors (Lipinski definition) is 1. The fourth-order valence-corrected chi connectivity index (χ4v) is 3.30. The van der Waals surface area contributed by atoms with Gasteiger partial charge in [0, 0.05) is 25.2 Å². The lowest BCUT2D eigenvalue weighted by Crippen LogP contribution is -2.67. The molecule has 1 aliphatic heterocycles. The molecule has 0 radical (unpaired) electrons. The molecule has 1 heterocycles. The fourth-order valence-electron chi connectivity index (χ4n) is 3.30. The third kappa shape index (κ3) is 2.75. The first-order chi connectivity index (χ1) is 9.60. The molecule has 3 heteroatoms. The Kier molecular flexibility index (Phi) is 4.82. The third-order valence-electron chi connectivity index (χ3n) is 5.10. The van der Waals surface area contributed by atoms with Crippen LogP contribution in [0.1, 0.15) is 39.2 Å². The third-order valence-corrected chi connectivity index (χ3v) is 5.10. The van der Waals surface area contributed by atoms with Crippen LogP contribution in [0.4, 0.5) is 4.39 Å². The van der Waals surface area contributed by atoms with Gasteiger partial charge in [-0.3, -0.25) is 4.90 Å². The van der Waals surface area contributed by atoms with E-state index in [1.165, 1.54) is 5.56 Å². The normalized spacial score (nSPS) is 26.6. The van der Waals surface area contributed by atoms with Crippen molar-refractivity contribution in [2.24, 2.45) is 0 Å². The molecular weight excluding hydrogens is 251 g/mol. The number of benzene rings is 1. The van der Waals surface area contributed by atoms with Gasteiger partial charge >= 0.3 is 0 Å². The Hall–Kier alpha value is -0.930. The maximum absolute atomic E-state index is 13.0. The van der Waals surface area contributed by atoms with Crippen LogP contribution in [-0.4, -0.2) is 36.7 Å². The zero-order valence-electron chi connectivity index (χ0n) is 13.0. The summed E-state index contributed by atoms with van der Waals surface area (Å²) in [6, 6.07) is 10.5. The highest BCUT2D eigenvalue weighted by molar-refractivity contribution is 5.26. The Morgan fingerprint density at radius 3 is 2.40 bits per heavy atom. The molecule has 1 aromatic rings. The van der Waals surface area contributed by atoms with E-state index >= 15 is 0 Å². The van der Waals surface area contributed by atoms with Gasteiger partial charge in [0.25, 0.3) is 0 Å². The molecule has 112 valence electrons. The number of alkyl halides is 1. The first-order valence-electron chi connectivity index (χ1n) is 7.72. The zero-order valence-corrected chi connectivity index (χ0v) is 13.0. The van der Waals surface area contributed by atoms with Crippen molar-refractivity contribution in [1.29, 1.82) is 0 Å². The van der Waals surface area contributed by atoms with Crippen molar-refractivity contribution >= 4 is 0 Å². The highest BCUT2D eigenvalue weighted by Gasteiger charge is 2.43. The number of nitrogens with one attached hydrogen (secondary N) is 1. The second-order valence-corrected chi connectivity index (χ2v) is 6.09. The number of nitrogens with zero attached hydrogens (tertiary/aromatic N) is 1. The van der Waals surface area contributed by atoms with E-state index in [2.05, 4.69) is 55.3 Å². The van der Waals surface area contributed by atoms with Gasteiger partial charge in [-0.2, -0.15) is 0 Å². The molecule has 1 aromatic carbocycles. The van der Waals surface area contributed by atoms with Gasteiger partial charge < -0.3 is 5.32 Å². The molecule has 1 aliphatic rings. The van der Waals surface area contributed by atoms with Gasteiger partial charge in [0.2, 0.25) is 0 Å². The van der Waals surface area contributed by atoms with Crippen molar-refractivity contribution in [3.8, 4) is 0 Å². The first kappa shape index (κ1) is 15.5. The molecular formula is C17H27FN2. The first-order valence-corrected chi connectivity index (χ1v) is 7.72. The van der Waals surface area contributed by atoms with E-state index in [9.17, 15) is 4.39 Å². The van der Waals surface area contributed by atoms with E-state index in [-0.39, 0.29) is 17.8 Å². The average Bonchev–Trinajstić information content (AvgIpc) is 2.51. The lowest BCUT2D eigenvalue weighted by molar-refractivity contribution is 0.00496. The maximum Gasteiger partial charge on any atom is 0.102 e. The number of piperazine rings is 1. The summed E-state index contributed by atoms with van der Waals surface area (Å²) < 4.78 is 13.0. The van der Waals surface area contributed by atoms with Gasteiger partial charge in [0.1, 0.15) is 6.67 Å². The van der Waals surface area contributed by atoms with E-state index in [1.807, 2.05) is 6.07 Å². The number of hydrogen-bond acceptors (Lipinski definition) is 2. The Balaban J connectivity index is 2.30. The summed E-state index contributed by atoms with van der Waals surface area (Å²) >= 11 is 0. The van der Waals surface area contributed by atoms with Gasteiger partial charge in [-0.15, -0.1) is 0 Å². The molecule has 0 bridgehead atoms. The van der Waals surface area contributed by atoms with Crippen LogP contribution in [0.5, 0.6) is 0 Å². The number of rotatable bonds is 5. The summed E-state index contributed by atoms with van der Waals surface area (Å²) in [5.74, 6) is 0. The molecule has 2 rings (SSSR count). The van der Waals surface area contributed by atoms with Gasteiger partial charge in [0.15, 0.2) is 0 Å². The van der Waals surface area contributed by atoms with Crippen molar-refractivity contribution in [3.05, 3.63) is 35.9 Å². The summed E-state index contributed by atoms with van der Waals surface area (Å²) in [7, 11) is 0. The van der Waals surface area contributed by atoms with Crippen LogP contribution < -0.4 is 5.32 Å². The standard InChI is InChI=1S/C17H27FN2/c1-4-17(5-2)14-20(12-11-18)16(3,13-19-17)15-9-7-6-8-10-15/h6-10,19H,4-5,11-14H2,1-3H3. The van der Waals surface area contributed by atoms with Crippen LogP contribution >= 0.6 is 0 Å². The second kappa shape index (κ2) is 6.23. The minimum Gasteiger partial charge on any atom is -0.308 e. The molecule has 1 atom stereocenters.